The molecule has 0 aliphatic carbocycles. The predicted octanol–water partition coefficient (Wildman–Crippen LogP) is 3.78. The molecule has 0 amide bonds. The van der Waals surface area contributed by atoms with E-state index in [1.165, 1.54) is 4.68 Å². The second-order valence-corrected chi connectivity index (χ2v) is 6.53. The monoisotopic (exact) mass is 393 g/mol. The fraction of sp³-hybridized carbons (Fsp3) is 0.417. The predicted molar refractivity (Wildman–Crippen MR) is 81.6 cm³/mol. The standard InChI is InChI=1S/C12H13ClIN3O2/c1-6-5-7-8(15-9(6)13)10(14)16-17(7)11(18)19-12(2,3)4/h5H,1-4H3. The van der Waals surface area contributed by atoms with Gasteiger partial charge < -0.3 is 4.74 Å². The van der Waals surface area contributed by atoms with Crippen molar-refractivity contribution in [2.75, 3.05) is 0 Å². The fourth-order valence-corrected chi connectivity index (χ4v) is 2.27. The lowest BCUT2D eigenvalue weighted by Gasteiger charge is -2.19. The smallest absolute Gasteiger partial charge is 0.435 e. The molecule has 0 spiro atoms. The average molecular weight is 394 g/mol. The summed E-state index contributed by atoms with van der Waals surface area (Å²) in [6.45, 7) is 7.25. The molecular weight excluding hydrogens is 381 g/mol. The Balaban J connectivity index is 2.56. The van der Waals surface area contributed by atoms with Crippen molar-refractivity contribution >= 4 is 51.3 Å². The maximum absolute atomic E-state index is 12.1. The summed E-state index contributed by atoms with van der Waals surface area (Å²) in [4.78, 5) is 16.3. The van der Waals surface area contributed by atoms with E-state index in [1.54, 1.807) is 6.07 Å². The van der Waals surface area contributed by atoms with Crippen LogP contribution in [0.25, 0.3) is 11.0 Å². The van der Waals surface area contributed by atoms with Gasteiger partial charge in [0.05, 0.1) is 0 Å². The van der Waals surface area contributed by atoms with Crippen LogP contribution in [0.1, 0.15) is 26.3 Å². The van der Waals surface area contributed by atoms with Crippen molar-refractivity contribution < 1.29 is 9.53 Å². The van der Waals surface area contributed by atoms with Gasteiger partial charge in [0, 0.05) is 0 Å². The first-order chi connectivity index (χ1) is 8.69. The lowest BCUT2D eigenvalue weighted by molar-refractivity contribution is 0.0522. The number of hydrogen-bond acceptors (Lipinski definition) is 4. The van der Waals surface area contributed by atoms with Crippen LogP contribution in [0.15, 0.2) is 6.07 Å². The Labute approximate surface area is 129 Å². The topological polar surface area (TPSA) is 57.0 Å². The van der Waals surface area contributed by atoms with Crippen molar-refractivity contribution in [1.82, 2.24) is 14.8 Å². The minimum atomic E-state index is -0.574. The number of aromatic nitrogens is 3. The molecule has 0 aliphatic rings. The molecule has 0 unspecified atom stereocenters. The third kappa shape index (κ3) is 3.00. The molecule has 0 saturated heterocycles. The minimum Gasteiger partial charge on any atom is -0.442 e. The minimum absolute atomic E-state index is 0.411. The number of carbonyl (C=O) groups is 1. The zero-order valence-electron chi connectivity index (χ0n) is 11.0. The highest BCUT2D eigenvalue weighted by Gasteiger charge is 2.22. The largest absolute Gasteiger partial charge is 0.442 e. The van der Waals surface area contributed by atoms with Crippen LogP contribution in [0, 0.1) is 10.6 Å². The summed E-state index contributed by atoms with van der Waals surface area (Å²) in [6.07, 6.45) is -0.524. The van der Waals surface area contributed by atoms with Crippen LogP contribution >= 0.6 is 34.2 Å². The quantitative estimate of drug-likeness (QED) is 0.505. The van der Waals surface area contributed by atoms with Gasteiger partial charge in [0.15, 0.2) is 0 Å². The van der Waals surface area contributed by atoms with Gasteiger partial charge in [-0.1, -0.05) is 11.6 Å². The maximum Gasteiger partial charge on any atom is 0.435 e. The van der Waals surface area contributed by atoms with Crippen LogP contribution < -0.4 is 0 Å². The van der Waals surface area contributed by atoms with Crippen molar-refractivity contribution in [3.63, 3.8) is 0 Å². The van der Waals surface area contributed by atoms with Gasteiger partial charge in [0.25, 0.3) is 0 Å². The van der Waals surface area contributed by atoms with Crippen LogP contribution in [0.5, 0.6) is 0 Å². The van der Waals surface area contributed by atoms with Crippen molar-refractivity contribution in [3.05, 3.63) is 20.5 Å². The van der Waals surface area contributed by atoms with Gasteiger partial charge in [0.2, 0.25) is 0 Å². The van der Waals surface area contributed by atoms with E-state index < -0.39 is 11.7 Å². The van der Waals surface area contributed by atoms with E-state index in [0.29, 0.717) is 19.9 Å². The van der Waals surface area contributed by atoms with Gasteiger partial charge in [-0.25, -0.2) is 9.78 Å². The molecule has 2 aromatic heterocycles. The van der Waals surface area contributed by atoms with Crippen LogP contribution in [0.2, 0.25) is 5.15 Å². The van der Waals surface area contributed by atoms with Crippen molar-refractivity contribution in [3.8, 4) is 0 Å². The highest BCUT2D eigenvalue weighted by atomic mass is 127. The van der Waals surface area contributed by atoms with E-state index >= 15 is 0 Å². The molecule has 0 aliphatic heterocycles. The van der Waals surface area contributed by atoms with E-state index in [0.717, 1.165) is 5.56 Å². The number of halogens is 2. The summed E-state index contributed by atoms with van der Waals surface area (Å²) >= 11 is 8.00. The first kappa shape index (κ1) is 14.5. The number of hydrogen-bond donors (Lipinski definition) is 0. The van der Waals surface area contributed by atoms with Gasteiger partial charge in [-0.2, -0.15) is 9.78 Å². The number of nitrogens with zero attached hydrogens (tertiary/aromatic N) is 3. The average Bonchev–Trinajstić information content (AvgIpc) is 2.55. The van der Waals surface area contributed by atoms with Gasteiger partial charge in [-0.3, -0.25) is 0 Å². The molecule has 0 fully saturated rings. The van der Waals surface area contributed by atoms with Gasteiger partial charge in [-0.05, 0) is 61.9 Å². The Hall–Kier alpha value is -0.890. The summed E-state index contributed by atoms with van der Waals surface area (Å²) in [6, 6.07) is 1.78. The Morgan fingerprint density at radius 1 is 1.47 bits per heavy atom. The molecule has 5 nitrogen and oxygen atoms in total. The second-order valence-electron chi connectivity index (χ2n) is 5.15. The van der Waals surface area contributed by atoms with E-state index in [-0.39, 0.29) is 0 Å². The fourth-order valence-electron chi connectivity index (χ4n) is 1.52. The van der Waals surface area contributed by atoms with E-state index in [1.807, 2.05) is 50.3 Å². The molecule has 7 heteroatoms. The molecule has 2 aromatic rings. The molecule has 2 heterocycles. The van der Waals surface area contributed by atoms with Crippen LogP contribution in [-0.2, 0) is 4.74 Å². The Kier molecular flexibility index (Phi) is 3.74. The molecule has 0 saturated carbocycles. The SMILES string of the molecule is Cc1cc2c(nc1Cl)c(I)nn2C(=O)OC(C)(C)C. The lowest BCUT2D eigenvalue weighted by Crippen LogP contribution is -2.27. The maximum atomic E-state index is 12.1. The van der Waals surface area contributed by atoms with Gasteiger partial charge in [-0.15, -0.1) is 0 Å². The second kappa shape index (κ2) is 4.90. The normalized spacial score (nSPS) is 11.9. The lowest BCUT2D eigenvalue weighted by atomic mass is 10.2. The highest BCUT2D eigenvalue weighted by Crippen LogP contribution is 2.24. The third-order valence-electron chi connectivity index (χ3n) is 2.31. The summed E-state index contributed by atoms with van der Waals surface area (Å²) < 4.78 is 7.15. The molecule has 0 N–H and O–H groups in total. The first-order valence-corrected chi connectivity index (χ1v) is 7.09. The van der Waals surface area contributed by atoms with E-state index in [4.69, 9.17) is 16.3 Å². The Morgan fingerprint density at radius 3 is 2.68 bits per heavy atom. The molecule has 102 valence electrons. The summed E-state index contributed by atoms with van der Waals surface area (Å²) in [5, 5.41) is 4.57. The third-order valence-corrected chi connectivity index (χ3v) is 3.42. The summed E-state index contributed by atoms with van der Waals surface area (Å²) in [7, 11) is 0. The van der Waals surface area contributed by atoms with Crippen molar-refractivity contribution in [2.24, 2.45) is 0 Å². The summed E-state index contributed by atoms with van der Waals surface area (Å²) in [5.41, 5.74) is 1.41. The van der Waals surface area contributed by atoms with Crippen LogP contribution in [0.4, 0.5) is 4.79 Å². The number of rotatable bonds is 0. The molecule has 0 radical (unpaired) electrons. The van der Waals surface area contributed by atoms with Gasteiger partial charge in [0.1, 0.15) is 25.5 Å². The van der Waals surface area contributed by atoms with E-state index in [2.05, 4.69) is 10.1 Å². The van der Waals surface area contributed by atoms with Crippen LogP contribution in [-0.4, -0.2) is 26.5 Å². The van der Waals surface area contributed by atoms with Crippen molar-refractivity contribution in [1.29, 1.82) is 0 Å². The molecule has 19 heavy (non-hydrogen) atoms. The van der Waals surface area contributed by atoms with E-state index in [9.17, 15) is 4.79 Å². The number of fused-ring (bicyclic) bond motifs is 1. The van der Waals surface area contributed by atoms with Crippen molar-refractivity contribution in [2.45, 2.75) is 33.3 Å². The molecule has 0 bridgehead atoms. The number of aryl methyl sites for hydroxylation is 1. The zero-order valence-corrected chi connectivity index (χ0v) is 13.9. The zero-order chi connectivity index (χ0) is 14.4. The molecule has 0 aromatic carbocycles. The summed E-state index contributed by atoms with van der Waals surface area (Å²) in [5.74, 6) is 0. The Bertz CT molecular complexity index is 661. The first-order valence-electron chi connectivity index (χ1n) is 5.64. The van der Waals surface area contributed by atoms with Crippen LogP contribution in [0.3, 0.4) is 0 Å². The Morgan fingerprint density at radius 2 is 2.11 bits per heavy atom. The molecule has 0 atom stereocenters. The number of pyridine rings is 1. The highest BCUT2D eigenvalue weighted by molar-refractivity contribution is 14.1. The van der Waals surface area contributed by atoms with Gasteiger partial charge >= 0.3 is 6.09 Å². The molecular formula is C12H13ClIN3O2. The molecule has 2 rings (SSSR count). The number of ether oxygens (including phenoxy) is 1. The number of carbonyl (C=O) groups excluding carboxylic acids is 1.